The lowest BCUT2D eigenvalue weighted by molar-refractivity contribution is 0.0954. The fourth-order valence-corrected chi connectivity index (χ4v) is 2.52. The van der Waals surface area contributed by atoms with Gasteiger partial charge in [0.05, 0.1) is 15.7 Å². The molecule has 0 atom stereocenters. The number of carbonyl (C=O) groups excluding carboxylic acids is 1. The van der Waals surface area contributed by atoms with Gasteiger partial charge < -0.3 is 5.32 Å². The lowest BCUT2D eigenvalue weighted by Crippen LogP contribution is -2.25. The van der Waals surface area contributed by atoms with Gasteiger partial charge >= 0.3 is 0 Å². The topological polar surface area (TPSA) is 46.9 Å². The van der Waals surface area contributed by atoms with Gasteiger partial charge in [-0.05, 0) is 44.0 Å². The van der Waals surface area contributed by atoms with E-state index < -0.39 is 0 Å². The van der Waals surface area contributed by atoms with Gasteiger partial charge in [0, 0.05) is 24.8 Å². The highest BCUT2D eigenvalue weighted by atomic mass is 35.5. The number of aromatic nitrogens is 2. The molecule has 0 saturated carbocycles. The number of carbonyl (C=O) groups is 1. The molecule has 0 fully saturated rings. The van der Waals surface area contributed by atoms with Crippen LogP contribution in [0.2, 0.25) is 10.0 Å². The van der Waals surface area contributed by atoms with Gasteiger partial charge in [-0.2, -0.15) is 5.10 Å². The molecular formula is C15H17Cl2N3O. The van der Waals surface area contributed by atoms with Crippen molar-refractivity contribution in [3.63, 3.8) is 0 Å². The van der Waals surface area contributed by atoms with Gasteiger partial charge in [0.2, 0.25) is 0 Å². The molecule has 0 spiro atoms. The first kappa shape index (κ1) is 15.9. The molecule has 0 aliphatic heterocycles. The Labute approximate surface area is 134 Å². The largest absolute Gasteiger partial charge is 0.352 e. The minimum absolute atomic E-state index is 0.159. The van der Waals surface area contributed by atoms with E-state index in [2.05, 4.69) is 10.4 Å². The highest BCUT2D eigenvalue weighted by Crippen LogP contribution is 2.22. The van der Waals surface area contributed by atoms with Crippen molar-refractivity contribution in [1.29, 1.82) is 0 Å². The standard InChI is InChI=1S/C15H17Cl2N3O/c1-9-12(10(2)20(3)19-9)6-7-18-15(21)11-4-5-13(16)14(17)8-11/h4-5,8H,6-7H2,1-3H3,(H,18,21). The molecule has 0 unspecified atom stereocenters. The summed E-state index contributed by atoms with van der Waals surface area (Å²) < 4.78 is 1.85. The molecule has 112 valence electrons. The molecule has 1 aromatic heterocycles. The molecule has 0 saturated heterocycles. The maximum Gasteiger partial charge on any atom is 0.251 e. The zero-order valence-electron chi connectivity index (χ0n) is 12.2. The molecule has 6 heteroatoms. The van der Waals surface area contributed by atoms with E-state index in [9.17, 15) is 4.79 Å². The minimum atomic E-state index is -0.159. The Morgan fingerprint density at radius 2 is 2.00 bits per heavy atom. The molecule has 2 aromatic rings. The second kappa shape index (κ2) is 6.50. The van der Waals surface area contributed by atoms with Crippen molar-refractivity contribution in [3.8, 4) is 0 Å². The summed E-state index contributed by atoms with van der Waals surface area (Å²) in [6.07, 6.45) is 0.749. The number of aryl methyl sites for hydroxylation is 2. The normalized spacial score (nSPS) is 10.7. The summed E-state index contributed by atoms with van der Waals surface area (Å²) in [5.41, 5.74) is 3.80. The number of nitrogens with zero attached hydrogens (tertiary/aromatic N) is 2. The van der Waals surface area contributed by atoms with Crippen LogP contribution in [0.1, 0.15) is 27.3 Å². The summed E-state index contributed by atoms with van der Waals surface area (Å²) in [6, 6.07) is 4.85. The van der Waals surface area contributed by atoms with Crippen molar-refractivity contribution in [3.05, 3.63) is 50.8 Å². The van der Waals surface area contributed by atoms with E-state index in [4.69, 9.17) is 23.2 Å². The third-order valence-electron chi connectivity index (χ3n) is 3.50. The van der Waals surface area contributed by atoms with Crippen molar-refractivity contribution in [2.75, 3.05) is 6.54 Å². The summed E-state index contributed by atoms with van der Waals surface area (Å²) in [6.45, 7) is 4.55. The number of hydrogen-bond acceptors (Lipinski definition) is 2. The molecule has 2 rings (SSSR count). The smallest absolute Gasteiger partial charge is 0.251 e. The van der Waals surface area contributed by atoms with Gasteiger partial charge in [0.25, 0.3) is 5.91 Å². The molecular weight excluding hydrogens is 309 g/mol. The first-order valence-electron chi connectivity index (χ1n) is 6.62. The number of hydrogen-bond donors (Lipinski definition) is 1. The molecule has 1 N–H and O–H groups in total. The highest BCUT2D eigenvalue weighted by Gasteiger charge is 2.11. The number of rotatable bonds is 4. The fourth-order valence-electron chi connectivity index (χ4n) is 2.22. The van der Waals surface area contributed by atoms with E-state index in [1.165, 1.54) is 5.56 Å². The van der Waals surface area contributed by atoms with E-state index in [1.54, 1.807) is 18.2 Å². The summed E-state index contributed by atoms with van der Waals surface area (Å²) in [7, 11) is 1.92. The average molecular weight is 326 g/mol. The Balaban J connectivity index is 1.97. The maximum absolute atomic E-state index is 12.0. The minimum Gasteiger partial charge on any atom is -0.352 e. The Hall–Kier alpha value is -1.52. The SMILES string of the molecule is Cc1nn(C)c(C)c1CCNC(=O)c1ccc(Cl)c(Cl)c1. The van der Waals surface area contributed by atoms with Gasteiger partial charge in [-0.25, -0.2) is 0 Å². The van der Waals surface area contributed by atoms with Crippen LogP contribution in [0, 0.1) is 13.8 Å². The van der Waals surface area contributed by atoms with Crippen LogP contribution in [0.15, 0.2) is 18.2 Å². The van der Waals surface area contributed by atoms with Crippen LogP contribution >= 0.6 is 23.2 Å². The maximum atomic E-state index is 12.0. The number of benzene rings is 1. The molecule has 0 radical (unpaired) electrons. The molecule has 21 heavy (non-hydrogen) atoms. The van der Waals surface area contributed by atoms with Crippen molar-refractivity contribution in [1.82, 2.24) is 15.1 Å². The average Bonchev–Trinajstić information content (AvgIpc) is 2.68. The molecule has 0 bridgehead atoms. The number of amides is 1. The first-order chi connectivity index (χ1) is 9.90. The predicted molar refractivity (Wildman–Crippen MR) is 85.2 cm³/mol. The van der Waals surface area contributed by atoms with Crippen LogP contribution in [0.3, 0.4) is 0 Å². The van der Waals surface area contributed by atoms with Gasteiger partial charge in [-0.15, -0.1) is 0 Å². The third kappa shape index (κ3) is 3.57. The lowest BCUT2D eigenvalue weighted by Gasteiger charge is -2.07. The molecule has 0 aliphatic carbocycles. The van der Waals surface area contributed by atoms with E-state index >= 15 is 0 Å². The van der Waals surface area contributed by atoms with Crippen LogP contribution < -0.4 is 5.32 Å². The Morgan fingerprint density at radius 3 is 2.57 bits per heavy atom. The quantitative estimate of drug-likeness (QED) is 0.937. The molecule has 1 heterocycles. The van der Waals surface area contributed by atoms with Crippen LogP contribution in [-0.2, 0) is 13.5 Å². The van der Waals surface area contributed by atoms with Gasteiger partial charge in [-0.1, -0.05) is 23.2 Å². The molecule has 0 aliphatic rings. The van der Waals surface area contributed by atoms with E-state index in [0.717, 1.165) is 17.8 Å². The van der Waals surface area contributed by atoms with Crippen molar-refractivity contribution in [2.24, 2.45) is 7.05 Å². The highest BCUT2D eigenvalue weighted by molar-refractivity contribution is 6.42. The van der Waals surface area contributed by atoms with Crippen molar-refractivity contribution in [2.45, 2.75) is 20.3 Å². The fraction of sp³-hybridized carbons (Fsp3) is 0.333. The van der Waals surface area contributed by atoms with Crippen LogP contribution in [-0.4, -0.2) is 22.2 Å². The van der Waals surface area contributed by atoms with Crippen LogP contribution in [0.4, 0.5) is 0 Å². The lowest BCUT2D eigenvalue weighted by atomic mass is 10.1. The van der Waals surface area contributed by atoms with E-state index in [-0.39, 0.29) is 5.91 Å². The second-order valence-corrected chi connectivity index (χ2v) is 5.72. The Bertz CT molecular complexity index is 680. The third-order valence-corrected chi connectivity index (χ3v) is 4.24. The number of halogens is 2. The summed E-state index contributed by atoms with van der Waals surface area (Å²) in [4.78, 5) is 12.0. The Morgan fingerprint density at radius 1 is 1.29 bits per heavy atom. The van der Waals surface area contributed by atoms with E-state index in [1.807, 2.05) is 25.6 Å². The predicted octanol–water partition coefficient (Wildman–Crippen LogP) is 3.32. The Kier molecular flexibility index (Phi) is 4.91. The van der Waals surface area contributed by atoms with Crippen LogP contribution in [0.25, 0.3) is 0 Å². The van der Waals surface area contributed by atoms with Gasteiger partial charge in [-0.3, -0.25) is 9.48 Å². The zero-order chi connectivity index (χ0) is 15.6. The summed E-state index contributed by atoms with van der Waals surface area (Å²) >= 11 is 11.7. The van der Waals surface area contributed by atoms with Crippen molar-refractivity contribution < 1.29 is 4.79 Å². The monoisotopic (exact) mass is 325 g/mol. The van der Waals surface area contributed by atoms with Gasteiger partial charge in [0.15, 0.2) is 0 Å². The molecule has 4 nitrogen and oxygen atoms in total. The first-order valence-corrected chi connectivity index (χ1v) is 7.38. The molecule has 1 aromatic carbocycles. The summed E-state index contributed by atoms with van der Waals surface area (Å²) in [5, 5.41) is 8.06. The van der Waals surface area contributed by atoms with Gasteiger partial charge in [0.1, 0.15) is 0 Å². The zero-order valence-corrected chi connectivity index (χ0v) is 13.7. The summed E-state index contributed by atoms with van der Waals surface area (Å²) in [5.74, 6) is -0.159. The second-order valence-electron chi connectivity index (χ2n) is 4.91. The number of nitrogens with one attached hydrogen (secondary N) is 1. The van der Waals surface area contributed by atoms with Crippen LogP contribution in [0.5, 0.6) is 0 Å². The van der Waals surface area contributed by atoms with Crippen molar-refractivity contribution >= 4 is 29.1 Å². The van der Waals surface area contributed by atoms with E-state index in [0.29, 0.717) is 22.2 Å². The molecule has 1 amide bonds.